The van der Waals surface area contributed by atoms with Crippen molar-refractivity contribution in [1.29, 1.82) is 0 Å². The van der Waals surface area contributed by atoms with E-state index in [4.69, 9.17) is 9.47 Å². The van der Waals surface area contributed by atoms with Gasteiger partial charge in [-0.05, 0) is 53.1 Å². The molecule has 2 aliphatic heterocycles. The molecule has 0 saturated carbocycles. The maximum atomic E-state index is 11.9. The maximum absolute atomic E-state index is 11.9. The summed E-state index contributed by atoms with van der Waals surface area (Å²) < 4.78 is 11.5. The predicted molar refractivity (Wildman–Crippen MR) is 80.4 cm³/mol. The molecule has 0 unspecified atom stereocenters. The molecule has 0 radical (unpaired) electrons. The number of nitrogens with one attached hydrogen (secondary N) is 1. The zero-order valence-corrected chi connectivity index (χ0v) is 13.5. The smallest absolute Gasteiger partial charge is 0.410 e. The number of halogens is 1. The minimum absolute atomic E-state index is 0. The van der Waals surface area contributed by atoms with E-state index in [1.807, 2.05) is 20.8 Å². The summed E-state index contributed by atoms with van der Waals surface area (Å²) in [6.07, 6.45) is 3.37. The summed E-state index contributed by atoms with van der Waals surface area (Å²) in [6.45, 7) is 9.15. The molecule has 0 aromatic rings. The van der Waals surface area contributed by atoms with Crippen molar-refractivity contribution in [3.8, 4) is 0 Å². The van der Waals surface area contributed by atoms with Gasteiger partial charge in [-0.15, -0.1) is 12.4 Å². The van der Waals surface area contributed by atoms with Gasteiger partial charge in [0.2, 0.25) is 0 Å². The first kappa shape index (κ1) is 17.5. The van der Waals surface area contributed by atoms with E-state index in [-0.39, 0.29) is 24.6 Å². The fraction of sp³-hybridized carbons (Fsp3) is 0.929. The third-order valence-corrected chi connectivity index (χ3v) is 3.47. The summed E-state index contributed by atoms with van der Waals surface area (Å²) in [5.74, 6) is 0. The molecule has 6 heteroatoms. The van der Waals surface area contributed by atoms with Gasteiger partial charge >= 0.3 is 6.09 Å². The number of piperidine rings is 1. The average molecular weight is 307 g/mol. The third kappa shape index (κ3) is 5.46. The van der Waals surface area contributed by atoms with E-state index >= 15 is 0 Å². The van der Waals surface area contributed by atoms with Crippen LogP contribution in [0.2, 0.25) is 0 Å². The first-order valence-corrected chi connectivity index (χ1v) is 7.28. The quantitative estimate of drug-likeness (QED) is 0.849. The number of nitrogens with zero attached hydrogens (tertiary/aromatic N) is 1. The van der Waals surface area contributed by atoms with Crippen LogP contribution in [0.15, 0.2) is 0 Å². The lowest BCUT2D eigenvalue weighted by atomic mass is 10.1. The number of carbonyl (C=O) groups is 1. The zero-order chi connectivity index (χ0) is 13.9. The van der Waals surface area contributed by atoms with Gasteiger partial charge in [-0.3, -0.25) is 0 Å². The SMILES string of the molecule is CC(C)(C)OC(=O)N1CC[C@H](OC2CCNCC2)C1.Cl. The number of hydrogen-bond acceptors (Lipinski definition) is 4. The first-order chi connectivity index (χ1) is 8.94. The second kappa shape index (κ2) is 7.48. The second-order valence-corrected chi connectivity index (χ2v) is 6.42. The highest BCUT2D eigenvalue weighted by Crippen LogP contribution is 2.20. The molecule has 1 N–H and O–H groups in total. The topological polar surface area (TPSA) is 50.8 Å². The van der Waals surface area contributed by atoms with Gasteiger partial charge < -0.3 is 19.7 Å². The number of rotatable bonds is 2. The van der Waals surface area contributed by atoms with Crippen LogP contribution in [0.25, 0.3) is 0 Å². The van der Waals surface area contributed by atoms with Crippen molar-refractivity contribution in [2.45, 2.75) is 57.8 Å². The molecule has 0 spiro atoms. The summed E-state index contributed by atoms with van der Waals surface area (Å²) in [4.78, 5) is 13.7. The molecule has 5 nitrogen and oxygen atoms in total. The van der Waals surface area contributed by atoms with Gasteiger partial charge in [-0.1, -0.05) is 0 Å². The lowest BCUT2D eigenvalue weighted by Crippen LogP contribution is -2.38. The average Bonchev–Trinajstić information content (AvgIpc) is 2.77. The van der Waals surface area contributed by atoms with E-state index in [9.17, 15) is 4.79 Å². The Kier molecular flexibility index (Phi) is 6.55. The third-order valence-electron chi connectivity index (χ3n) is 3.47. The van der Waals surface area contributed by atoms with E-state index < -0.39 is 5.60 Å². The maximum Gasteiger partial charge on any atom is 0.410 e. The number of amides is 1. The zero-order valence-electron chi connectivity index (χ0n) is 12.7. The molecule has 118 valence electrons. The first-order valence-electron chi connectivity index (χ1n) is 7.28. The number of ether oxygens (including phenoxy) is 2. The predicted octanol–water partition coefficient (Wildman–Crippen LogP) is 2.19. The largest absolute Gasteiger partial charge is 0.444 e. The number of likely N-dealkylation sites (tertiary alicyclic amines) is 1. The van der Waals surface area contributed by atoms with E-state index in [2.05, 4.69) is 5.32 Å². The van der Waals surface area contributed by atoms with Crippen molar-refractivity contribution in [3.05, 3.63) is 0 Å². The highest BCUT2D eigenvalue weighted by Gasteiger charge is 2.31. The molecule has 2 rings (SSSR count). The van der Waals surface area contributed by atoms with E-state index in [0.717, 1.165) is 38.9 Å². The highest BCUT2D eigenvalue weighted by atomic mass is 35.5. The molecule has 2 heterocycles. The number of carbonyl (C=O) groups excluding carboxylic acids is 1. The summed E-state index contributed by atoms with van der Waals surface area (Å²) >= 11 is 0. The van der Waals surface area contributed by atoms with E-state index in [1.54, 1.807) is 4.90 Å². The molecule has 20 heavy (non-hydrogen) atoms. The summed E-state index contributed by atoms with van der Waals surface area (Å²) in [5, 5.41) is 3.33. The van der Waals surface area contributed by atoms with Crippen LogP contribution in [0.4, 0.5) is 4.79 Å². The fourth-order valence-electron chi connectivity index (χ4n) is 2.54. The molecular weight excluding hydrogens is 280 g/mol. The monoisotopic (exact) mass is 306 g/mol. The van der Waals surface area contributed by atoms with Crippen LogP contribution in [0.5, 0.6) is 0 Å². The van der Waals surface area contributed by atoms with Crippen LogP contribution < -0.4 is 5.32 Å². The normalized spacial score (nSPS) is 24.4. The van der Waals surface area contributed by atoms with Gasteiger partial charge in [-0.2, -0.15) is 0 Å². The van der Waals surface area contributed by atoms with Crippen LogP contribution in [0.1, 0.15) is 40.0 Å². The summed E-state index contributed by atoms with van der Waals surface area (Å²) in [7, 11) is 0. The van der Waals surface area contributed by atoms with Crippen molar-refractivity contribution >= 4 is 18.5 Å². The fourth-order valence-corrected chi connectivity index (χ4v) is 2.54. The van der Waals surface area contributed by atoms with Gasteiger partial charge in [0.15, 0.2) is 0 Å². The highest BCUT2D eigenvalue weighted by molar-refractivity contribution is 5.85. The van der Waals surface area contributed by atoms with Crippen molar-refractivity contribution in [2.75, 3.05) is 26.2 Å². The summed E-state index contributed by atoms with van der Waals surface area (Å²) in [5.41, 5.74) is -0.426. The Balaban J connectivity index is 0.00000200. The van der Waals surface area contributed by atoms with Crippen LogP contribution in [-0.2, 0) is 9.47 Å². The number of hydrogen-bond donors (Lipinski definition) is 1. The molecule has 0 aromatic heterocycles. The van der Waals surface area contributed by atoms with Gasteiger partial charge in [0.05, 0.1) is 18.8 Å². The summed E-state index contributed by atoms with van der Waals surface area (Å²) in [6, 6.07) is 0. The van der Waals surface area contributed by atoms with Gasteiger partial charge in [0.1, 0.15) is 5.60 Å². The lowest BCUT2D eigenvalue weighted by molar-refractivity contribution is -0.0234. The Morgan fingerprint density at radius 2 is 1.80 bits per heavy atom. The molecule has 0 aromatic carbocycles. The minimum Gasteiger partial charge on any atom is -0.444 e. The van der Waals surface area contributed by atoms with Crippen molar-refractivity contribution in [1.82, 2.24) is 10.2 Å². The Labute approximate surface area is 127 Å². The minimum atomic E-state index is -0.426. The van der Waals surface area contributed by atoms with Gasteiger partial charge in [0.25, 0.3) is 0 Å². The van der Waals surface area contributed by atoms with Crippen LogP contribution in [0, 0.1) is 0 Å². The van der Waals surface area contributed by atoms with Gasteiger partial charge in [0, 0.05) is 6.54 Å². The van der Waals surface area contributed by atoms with Crippen molar-refractivity contribution in [2.24, 2.45) is 0 Å². The molecule has 0 aliphatic carbocycles. The molecular formula is C14H27ClN2O3. The molecule has 2 fully saturated rings. The molecule has 2 saturated heterocycles. The lowest BCUT2D eigenvalue weighted by Gasteiger charge is -2.27. The van der Waals surface area contributed by atoms with Crippen LogP contribution in [-0.4, -0.2) is 55.0 Å². The van der Waals surface area contributed by atoms with Gasteiger partial charge in [-0.25, -0.2) is 4.79 Å². The Hall–Kier alpha value is -0.520. The standard InChI is InChI=1S/C14H26N2O3.ClH/c1-14(2,3)19-13(17)16-9-6-12(10-16)18-11-4-7-15-8-5-11;/h11-12,15H,4-10H2,1-3H3;1H/t12-;/m0./s1. The second-order valence-electron chi connectivity index (χ2n) is 6.42. The van der Waals surface area contributed by atoms with Crippen molar-refractivity contribution in [3.63, 3.8) is 0 Å². The molecule has 0 bridgehead atoms. The molecule has 1 atom stereocenters. The van der Waals surface area contributed by atoms with Crippen LogP contribution in [0.3, 0.4) is 0 Å². The molecule has 1 amide bonds. The van der Waals surface area contributed by atoms with Crippen LogP contribution >= 0.6 is 12.4 Å². The Bertz CT molecular complexity index is 314. The Morgan fingerprint density at radius 3 is 2.40 bits per heavy atom. The van der Waals surface area contributed by atoms with E-state index in [0.29, 0.717) is 12.6 Å². The Morgan fingerprint density at radius 1 is 1.15 bits per heavy atom. The van der Waals surface area contributed by atoms with E-state index in [1.165, 1.54) is 0 Å². The molecule has 2 aliphatic rings. The van der Waals surface area contributed by atoms with Crippen molar-refractivity contribution < 1.29 is 14.3 Å².